The molecule has 0 spiro atoms. The van der Waals surface area contributed by atoms with Crippen LogP contribution in [-0.4, -0.2) is 24.6 Å². The predicted octanol–water partition coefficient (Wildman–Crippen LogP) is 2.69. The molecule has 0 saturated heterocycles. The summed E-state index contributed by atoms with van der Waals surface area (Å²) < 4.78 is 0. The van der Waals surface area contributed by atoms with Crippen molar-refractivity contribution in [3.05, 3.63) is 0 Å². The van der Waals surface area contributed by atoms with Gasteiger partial charge in [0.1, 0.15) is 0 Å². The second-order valence-corrected chi connectivity index (χ2v) is 5.34. The van der Waals surface area contributed by atoms with Gasteiger partial charge >= 0.3 is 0 Å². The molecule has 90 valence electrons. The van der Waals surface area contributed by atoms with Gasteiger partial charge in [-0.15, -0.1) is 24.8 Å². The Hall–Kier alpha value is 1.20. The maximum atomic E-state index is 5.38. The molecule has 0 aliphatic carbocycles. The Morgan fingerprint density at radius 3 is 1.29 bits per heavy atom. The summed E-state index contributed by atoms with van der Waals surface area (Å²) in [7, 11) is 3.93. The molecule has 6 heteroatoms. The third kappa shape index (κ3) is 18.9. The second-order valence-electron chi connectivity index (χ2n) is 2.64. The molecule has 0 fully saturated rings. The molecule has 0 aliphatic heterocycles. The van der Waals surface area contributed by atoms with Crippen LogP contribution in [0.2, 0.25) is 0 Å². The van der Waals surface area contributed by atoms with Crippen molar-refractivity contribution in [1.29, 1.82) is 0 Å². The van der Waals surface area contributed by atoms with Gasteiger partial charge in [-0.05, 0) is 38.8 Å². The first-order chi connectivity index (χ1) is 5.91. The lowest BCUT2D eigenvalue weighted by atomic mass is 10.3. The highest BCUT2D eigenvalue weighted by molar-refractivity contribution is 8.76. The van der Waals surface area contributed by atoms with Crippen LogP contribution in [0.25, 0.3) is 0 Å². The lowest BCUT2D eigenvalue weighted by molar-refractivity contribution is 0.814. The zero-order chi connectivity index (χ0) is 9.07. The fourth-order valence-electron chi connectivity index (χ4n) is 0.729. The molecule has 14 heavy (non-hydrogen) atoms. The van der Waals surface area contributed by atoms with E-state index in [9.17, 15) is 0 Å². The number of rotatable bonds is 9. The topological polar surface area (TPSA) is 52.0 Å². The van der Waals surface area contributed by atoms with Gasteiger partial charge in [-0.1, -0.05) is 21.6 Å². The fraction of sp³-hybridized carbons (Fsp3) is 1.00. The molecular formula is C8H22Cl2N2S2. The molecular weight excluding hydrogens is 259 g/mol. The van der Waals surface area contributed by atoms with Gasteiger partial charge in [0, 0.05) is 11.5 Å². The van der Waals surface area contributed by atoms with Crippen LogP contribution in [0, 0.1) is 0 Å². The van der Waals surface area contributed by atoms with Gasteiger partial charge in [0.05, 0.1) is 0 Å². The molecule has 0 rings (SSSR count). The molecule has 0 radical (unpaired) electrons. The SMILES string of the molecule is Cl.Cl.NCCCCSSCCCCN. The zero-order valence-corrected chi connectivity index (χ0v) is 11.7. The van der Waals surface area contributed by atoms with Crippen molar-refractivity contribution in [2.24, 2.45) is 11.5 Å². The van der Waals surface area contributed by atoms with E-state index in [1.807, 2.05) is 21.6 Å². The summed E-state index contributed by atoms with van der Waals surface area (Å²) in [4.78, 5) is 0. The highest BCUT2D eigenvalue weighted by Gasteiger charge is 1.90. The number of hydrogen-bond donors (Lipinski definition) is 2. The summed E-state index contributed by atoms with van der Waals surface area (Å²) in [6.45, 7) is 1.66. The number of nitrogens with two attached hydrogens (primary N) is 2. The van der Waals surface area contributed by atoms with E-state index < -0.39 is 0 Å². The molecule has 0 atom stereocenters. The van der Waals surface area contributed by atoms with Gasteiger partial charge < -0.3 is 11.5 Å². The van der Waals surface area contributed by atoms with Crippen molar-refractivity contribution in [2.75, 3.05) is 24.6 Å². The lowest BCUT2D eigenvalue weighted by Gasteiger charge is -1.99. The standard InChI is InChI=1S/C8H20N2S2.2ClH/c9-5-1-3-7-11-12-8-4-2-6-10;;/h1-10H2;2*1H. The summed E-state index contributed by atoms with van der Waals surface area (Å²) in [6.07, 6.45) is 4.84. The molecule has 4 N–H and O–H groups in total. The van der Waals surface area contributed by atoms with E-state index in [-0.39, 0.29) is 24.8 Å². The predicted molar refractivity (Wildman–Crippen MR) is 76.0 cm³/mol. The summed E-state index contributed by atoms with van der Waals surface area (Å²) >= 11 is 0. The van der Waals surface area contributed by atoms with Gasteiger partial charge in [-0.25, -0.2) is 0 Å². The first kappa shape index (κ1) is 20.6. The fourth-order valence-corrected chi connectivity index (χ4v) is 3.02. The number of halogens is 2. The maximum Gasteiger partial charge on any atom is 0.00374 e. The Balaban J connectivity index is -0.000000605. The first-order valence-corrected chi connectivity index (χ1v) is 7.05. The molecule has 0 heterocycles. The van der Waals surface area contributed by atoms with E-state index >= 15 is 0 Å². The lowest BCUT2D eigenvalue weighted by Crippen LogP contribution is -1.98. The summed E-state index contributed by atoms with van der Waals surface area (Å²) in [5, 5.41) is 0. The normalized spacial score (nSPS) is 9.00. The van der Waals surface area contributed by atoms with Crippen LogP contribution in [0.3, 0.4) is 0 Å². The van der Waals surface area contributed by atoms with E-state index in [2.05, 4.69) is 0 Å². The maximum absolute atomic E-state index is 5.38. The van der Waals surface area contributed by atoms with Crippen molar-refractivity contribution in [1.82, 2.24) is 0 Å². The van der Waals surface area contributed by atoms with Gasteiger partial charge in [0.2, 0.25) is 0 Å². The van der Waals surface area contributed by atoms with Gasteiger partial charge in [0.25, 0.3) is 0 Å². The number of unbranched alkanes of at least 4 members (excludes halogenated alkanes) is 2. The molecule has 0 aromatic rings. The molecule has 2 nitrogen and oxygen atoms in total. The molecule has 0 unspecified atom stereocenters. The Kier molecular flexibility index (Phi) is 29.0. The Morgan fingerprint density at radius 2 is 1.00 bits per heavy atom. The average Bonchev–Trinajstić information content (AvgIpc) is 2.10. The zero-order valence-electron chi connectivity index (χ0n) is 8.44. The molecule has 0 bridgehead atoms. The molecule has 0 aliphatic rings. The van der Waals surface area contributed by atoms with Gasteiger partial charge in [-0.3, -0.25) is 0 Å². The quantitative estimate of drug-likeness (QED) is 0.504. The summed E-state index contributed by atoms with van der Waals surface area (Å²) in [5.41, 5.74) is 10.8. The monoisotopic (exact) mass is 280 g/mol. The van der Waals surface area contributed by atoms with Crippen LogP contribution in [-0.2, 0) is 0 Å². The third-order valence-electron chi connectivity index (χ3n) is 1.45. The van der Waals surface area contributed by atoms with Crippen LogP contribution in [0.15, 0.2) is 0 Å². The molecule has 0 aromatic carbocycles. The molecule has 0 aromatic heterocycles. The highest BCUT2D eigenvalue weighted by atomic mass is 35.5. The van der Waals surface area contributed by atoms with Gasteiger partial charge in [-0.2, -0.15) is 0 Å². The van der Waals surface area contributed by atoms with Crippen molar-refractivity contribution in [2.45, 2.75) is 25.7 Å². The van der Waals surface area contributed by atoms with Crippen molar-refractivity contribution in [3.8, 4) is 0 Å². The van der Waals surface area contributed by atoms with E-state index in [0.717, 1.165) is 25.9 Å². The van der Waals surface area contributed by atoms with Crippen LogP contribution < -0.4 is 11.5 Å². The van der Waals surface area contributed by atoms with Crippen molar-refractivity contribution >= 4 is 46.4 Å². The minimum atomic E-state index is 0. The highest BCUT2D eigenvalue weighted by Crippen LogP contribution is 2.23. The van der Waals surface area contributed by atoms with E-state index in [1.54, 1.807) is 0 Å². The third-order valence-corrected chi connectivity index (χ3v) is 4.02. The largest absolute Gasteiger partial charge is 0.330 e. The first-order valence-electron chi connectivity index (χ1n) is 4.56. The van der Waals surface area contributed by atoms with Crippen molar-refractivity contribution < 1.29 is 0 Å². The minimum absolute atomic E-state index is 0. The van der Waals surface area contributed by atoms with Gasteiger partial charge in [0.15, 0.2) is 0 Å². The Bertz CT molecular complexity index is 79.7. The van der Waals surface area contributed by atoms with Crippen molar-refractivity contribution in [3.63, 3.8) is 0 Å². The van der Waals surface area contributed by atoms with E-state index in [4.69, 9.17) is 11.5 Å². The van der Waals surface area contributed by atoms with Crippen LogP contribution in [0.1, 0.15) is 25.7 Å². The Labute approximate surface area is 108 Å². The number of hydrogen-bond acceptors (Lipinski definition) is 4. The summed E-state index contributed by atoms with van der Waals surface area (Å²) in [6, 6.07) is 0. The smallest absolute Gasteiger partial charge is 0.00374 e. The second kappa shape index (κ2) is 19.7. The van der Waals surface area contributed by atoms with Crippen LogP contribution >= 0.6 is 46.4 Å². The molecule has 0 saturated carbocycles. The average molecular weight is 281 g/mol. The summed E-state index contributed by atoms with van der Waals surface area (Å²) in [5.74, 6) is 2.48. The van der Waals surface area contributed by atoms with Crippen LogP contribution in [0.5, 0.6) is 0 Å². The van der Waals surface area contributed by atoms with E-state index in [0.29, 0.717) is 0 Å². The minimum Gasteiger partial charge on any atom is -0.330 e. The Morgan fingerprint density at radius 1 is 0.643 bits per heavy atom. The molecule has 0 amide bonds. The van der Waals surface area contributed by atoms with E-state index in [1.165, 1.54) is 24.3 Å². The van der Waals surface area contributed by atoms with Crippen LogP contribution in [0.4, 0.5) is 0 Å².